The van der Waals surface area contributed by atoms with E-state index in [1.807, 2.05) is 0 Å². The summed E-state index contributed by atoms with van der Waals surface area (Å²) in [7, 11) is 0. The molecule has 7 heteroatoms. The summed E-state index contributed by atoms with van der Waals surface area (Å²) >= 11 is 6.23. The van der Waals surface area contributed by atoms with Gasteiger partial charge in [-0.3, -0.25) is 0 Å². The minimum absolute atomic E-state index is 0.369. The molecule has 0 bridgehead atoms. The summed E-state index contributed by atoms with van der Waals surface area (Å²) in [4.78, 5) is 2.83. The molecule has 1 unspecified atom stereocenters. The molecule has 0 saturated heterocycles. The van der Waals surface area contributed by atoms with Crippen molar-refractivity contribution >= 4 is 22.5 Å². The van der Waals surface area contributed by atoms with Crippen LogP contribution in [-0.2, 0) is 0 Å². The summed E-state index contributed by atoms with van der Waals surface area (Å²) in [6, 6.07) is 7.32. The summed E-state index contributed by atoms with van der Waals surface area (Å²) in [6.07, 6.45) is 1.43. The molecule has 0 aliphatic heterocycles. The SMILES string of the molecule is CC(N=[N+]=[N-])c1cc(Cl)c2conc2c1-c1cccc(F)c1. The molecule has 0 saturated carbocycles. The zero-order chi connectivity index (χ0) is 15.7. The predicted molar refractivity (Wildman–Crippen MR) is 82.0 cm³/mol. The second-order valence-corrected chi connectivity index (χ2v) is 5.20. The molecule has 110 valence electrons. The highest BCUT2D eigenvalue weighted by atomic mass is 35.5. The van der Waals surface area contributed by atoms with Crippen LogP contribution in [0.5, 0.6) is 0 Å². The number of nitrogens with zero attached hydrogens (tertiary/aromatic N) is 4. The lowest BCUT2D eigenvalue weighted by molar-refractivity contribution is 0.428. The molecule has 0 radical (unpaired) electrons. The van der Waals surface area contributed by atoms with E-state index in [0.717, 1.165) is 0 Å². The number of hydrogen-bond acceptors (Lipinski definition) is 3. The second kappa shape index (κ2) is 5.67. The van der Waals surface area contributed by atoms with E-state index in [1.165, 1.54) is 18.4 Å². The number of fused-ring (bicyclic) bond motifs is 1. The Morgan fingerprint density at radius 3 is 2.95 bits per heavy atom. The number of azide groups is 1. The van der Waals surface area contributed by atoms with Gasteiger partial charge in [0.25, 0.3) is 0 Å². The highest BCUT2D eigenvalue weighted by molar-refractivity contribution is 6.36. The van der Waals surface area contributed by atoms with Gasteiger partial charge in [0, 0.05) is 10.5 Å². The molecule has 0 aliphatic carbocycles. The lowest BCUT2D eigenvalue weighted by atomic mass is 9.93. The van der Waals surface area contributed by atoms with Crippen LogP contribution < -0.4 is 0 Å². The van der Waals surface area contributed by atoms with E-state index in [9.17, 15) is 4.39 Å². The van der Waals surface area contributed by atoms with Gasteiger partial charge in [-0.25, -0.2) is 4.39 Å². The largest absolute Gasteiger partial charge is 0.363 e. The Hall–Kier alpha value is -2.56. The van der Waals surface area contributed by atoms with E-state index < -0.39 is 6.04 Å². The van der Waals surface area contributed by atoms with E-state index in [-0.39, 0.29) is 5.82 Å². The maximum Gasteiger partial charge on any atom is 0.133 e. The third-order valence-corrected chi connectivity index (χ3v) is 3.74. The Morgan fingerprint density at radius 1 is 1.41 bits per heavy atom. The van der Waals surface area contributed by atoms with Crippen LogP contribution in [-0.4, -0.2) is 5.16 Å². The first-order valence-electron chi connectivity index (χ1n) is 6.48. The molecule has 1 heterocycles. The molecule has 0 fully saturated rings. The van der Waals surface area contributed by atoms with Gasteiger partial charge in [0.05, 0.1) is 16.5 Å². The molecule has 5 nitrogen and oxygen atoms in total. The first-order chi connectivity index (χ1) is 10.6. The Bertz CT molecular complexity index is 902. The molecule has 0 N–H and O–H groups in total. The third kappa shape index (κ3) is 2.39. The number of benzene rings is 2. The average molecular weight is 317 g/mol. The lowest BCUT2D eigenvalue weighted by Gasteiger charge is -2.14. The Balaban J connectivity index is 2.38. The summed E-state index contributed by atoms with van der Waals surface area (Å²) in [6.45, 7) is 1.74. The Morgan fingerprint density at radius 2 is 2.23 bits per heavy atom. The van der Waals surface area contributed by atoms with E-state index in [2.05, 4.69) is 15.2 Å². The third-order valence-electron chi connectivity index (χ3n) is 3.42. The van der Waals surface area contributed by atoms with Crippen LogP contribution in [0.2, 0.25) is 5.02 Å². The molecule has 0 spiro atoms. The summed E-state index contributed by atoms with van der Waals surface area (Å²) in [5.74, 6) is -0.369. The van der Waals surface area contributed by atoms with Gasteiger partial charge in [0.15, 0.2) is 0 Å². The van der Waals surface area contributed by atoms with Crippen LogP contribution in [0.1, 0.15) is 18.5 Å². The average Bonchev–Trinajstić information content (AvgIpc) is 2.97. The van der Waals surface area contributed by atoms with Crippen molar-refractivity contribution in [3.63, 3.8) is 0 Å². The van der Waals surface area contributed by atoms with Crippen LogP contribution in [0.3, 0.4) is 0 Å². The number of hydrogen-bond donors (Lipinski definition) is 0. The van der Waals surface area contributed by atoms with Gasteiger partial charge in [-0.1, -0.05) is 40.9 Å². The second-order valence-electron chi connectivity index (χ2n) is 4.79. The van der Waals surface area contributed by atoms with Gasteiger partial charge < -0.3 is 4.52 Å². The molecule has 3 aromatic rings. The summed E-state index contributed by atoms with van der Waals surface area (Å²) in [5, 5.41) is 8.74. The van der Waals surface area contributed by atoms with Crippen LogP contribution >= 0.6 is 11.6 Å². The van der Waals surface area contributed by atoms with Gasteiger partial charge >= 0.3 is 0 Å². The molecule has 1 atom stereocenters. The fraction of sp³-hybridized carbons (Fsp3) is 0.133. The topological polar surface area (TPSA) is 74.8 Å². The molecule has 2 aromatic carbocycles. The van der Waals surface area contributed by atoms with Crippen LogP contribution in [0.25, 0.3) is 32.5 Å². The van der Waals surface area contributed by atoms with Crippen LogP contribution in [0.15, 0.2) is 46.2 Å². The highest BCUT2D eigenvalue weighted by Gasteiger charge is 2.19. The van der Waals surface area contributed by atoms with Crippen molar-refractivity contribution in [1.29, 1.82) is 0 Å². The Labute approximate surface area is 129 Å². The van der Waals surface area contributed by atoms with Gasteiger partial charge in [0.1, 0.15) is 17.6 Å². The Kier molecular flexibility index (Phi) is 3.71. The maximum absolute atomic E-state index is 13.6. The standard InChI is InChI=1S/C15H10ClFN4O/c1-8(19-21-18)11-6-13(16)12-7-22-20-15(12)14(11)9-3-2-4-10(17)5-9/h2-8H,1H3. The number of halogens is 2. The predicted octanol–water partition coefficient (Wildman–Crippen LogP) is 5.66. The van der Waals surface area contributed by atoms with Gasteiger partial charge in [0.2, 0.25) is 0 Å². The van der Waals surface area contributed by atoms with Crippen molar-refractivity contribution in [2.75, 3.05) is 0 Å². The number of rotatable bonds is 3. The van der Waals surface area contributed by atoms with Crippen molar-refractivity contribution in [2.24, 2.45) is 5.11 Å². The monoisotopic (exact) mass is 316 g/mol. The fourth-order valence-corrected chi connectivity index (χ4v) is 2.68. The first kappa shape index (κ1) is 14.4. The smallest absolute Gasteiger partial charge is 0.133 e. The van der Waals surface area contributed by atoms with Crippen molar-refractivity contribution in [3.8, 4) is 11.1 Å². The summed E-state index contributed by atoms with van der Waals surface area (Å²) in [5.41, 5.74) is 11.1. The fourth-order valence-electron chi connectivity index (χ4n) is 2.43. The zero-order valence-corrected chi connectivity index (χ0v) is 12.3. The van der Waals surface area contributed by atoms with E-state index >= 15 is 0 Å². The molecule has 0 amide bonds. The quantitative estimate of drug-likeness (QED) is 0.355. The van der Waals surface area contributed by atoms with E-state index in [1.54, 1.807) is 25.1 Å². The van der Waals surface area contributed by atoms with Crippen molar-refractivity contribution in [3.05, 3.63) is 63.4 Å². The van der Waals surface area contributed by atoms with Crippen molar-refractivity contribution < 1.29 is 8.91 Å². The number of aromatic nitrogens is 1. The summed E-state index contributed by atoms with van der Waals surface area (Å²) < 4.78 is 18.6. The maximum atomic E-state index is 13.6. The molecule has 0 aliphatic rings. The normalized spacial score (nSPS) is 12.1. The van der Waals surface area contributed by atoms with Crippen LogP contribution in [0.4, 0.5) is 4.39 Å². The molecule has 22 heavy (non-hydrogen) atoms. The minimum Gasteiger partial charge on any atom is -0.363 e. The van der Waals surface area contributed by atoms with Crippen molar-refractivity contribution in [2.45, 2.75) is 13.0 Å². The van der Waals surface area contributed by atoms with Gasteiger partial charge in [-0.05, 0) is 34.9 Å². The minimum atomic E-state index is -0.484. The molecular weight excluding hydrogens is 307 g/mol. The van der Waals surface area contributed by atoms with E-state index in [0.29, 0.717) is 32.6 Å². The van der Waals surface area contributed by atoms with Gasteiger partial charge in [-0.15, -0.1) is 0 Å². The molecular formula is C15H10ClFN4O. The molecule has 1 aromatic heterocycles. The highest BCUT2D eigenvalue weighted by Crippen LogP contribution is 2.39. The van der Waals surface area contributed by atoms with Gasteiger partial charge in [-0.2, -0.15) is 0 Å². The van der Waals surface area contributed by atoms with E-state index in [4.69, 9.17) is 21.7 Å². The zero-order valence-electron chi connectivity index (χ0n) is 11.5. The van der Waals surface area contributed by atoms with Crippen molar-refractivity contribution in [1.82, 2.24) is 5.16 Å². The first-order valence-corrected chi connectivity index (χ1v) is 6.86. The lowest BCUT2D eigenvalue weighted by Crippen LogP contribution is -1.96. The molecule has 3 rings (SSSR count). The van der Waals surface area contributed by atoms with Crippen LogP contribution in [0, 0.1) is 5.82 Å².